The van der Waals surface area contributed by atoms with Crippen LogP contribution in [0, 0.1) is 19.7 Å². The van der Waals surface area contributed by atoms with Crippen LogP contribution >= 0.6 is 0 Å². The maximum Gasteiger partial charge on any atom is 0.208 e. The van der Waals surface area contributed by atoms with E-state index < -0.39 is 0 Å². The molecule has 0 bridgehead atoms. The molecule has 0 unspecified atom stereocenters. The number of piperazine rings is 1. The molecule has 3 aromatic rings. The van der Waals surface area contributed by atoms with Crippen molar-refractivity contribution in [1.82, 2.24) is 19.9 Å². The highest BCUT2D eigenvalue weighted by Gasteiger charge is 2.20. The number of imidazole rings is 1. The molecule has 6 heteroatoms. The van der Waals surface area contributed by atoms with Crippen molar-refractivity contribution in [2.75, 3.05) is 31.1 Å². The van der Waals surface area contributed by atoms with Crippen molar-refractivity contribution in [3.63, 3.8) is 0 Å². The first-order valence-electron chi connectivity index (χ1n) is 8.65. The van der Waals surface area contributed by atoms with Crippen LogP contribution in [0.4, 0.5) is 10.3 Å². The fourth-order valence-electron chi connectivity index (χ4n) is 3.34. The molecule has 0 aliphatic carbocycles. The van der Waals surface area contributed by atoms with Crippen LogP contribution in [-0.4, -0.2) is 40.7 Å². The zero-order chi connectivity index (χ0) is 17.4. The predicted octanol–water partition coefficient (Wildman–Crippen LogP) is 3.28. The monoisotopic (exact) mass is 355 g/mol. The molecule has 3 heterocycles. The van der Waals surface area contributed by atoms with Crippen molar-refractivity contribution in [3.05, 3.63) is 53.0 Å². The van der Waals surface area contributed by atoms with Crippen LogP contribution in [0.1, 0.15) is 24.1 Å². The molecule has 1 aromatic carbocycles. The van der Waals surface area contributed by atoms with Crippen molar-refractivity contribution in [3.8, 4) is 0 Å². The highest BCUT2D eigenvalue weighted by atomic mass is 19.1. The summed E-state index contributed by atoms with van der Waals surface area (Å²) in [6, 6.07) is 7.42. The van der Waals surface area contributed by atoms with Gasteiger partial charge in [0, 0.05) is 32.4 Å². The molecule has 2 aromatic heterocycles. The van der Waals surface area contributed by atoms with Gasteiger partial charge < -0.3 is 14.8 Å². The van der Waals surface area contributed by atoms with E-state index >= 15 is 0 Å². The van der Waals surface area contributed by atoms with E-state index in [1.807, 2.05) is 25.3 Å². The lowest BCUT2D eigenvalue weighted by molar-refractivity contribution is 0.571. The van der Waals surface area contributed by atoms with Gasteiger partial charge in [-0.3, -0.25) is 0 Å². The Morgan fingerprint density at radius 2 is 1.92 bits per heavy atom. The molecule has 1 aliphatic heterocycles. The smallest absolute Gasteiger partial charge is 0.208 e. The average Bonchev–Trinajstić information content (AvgIpc) is 2.97. The number of nitrogens with zero attached hydrogens (tertiary/aromatic N) is 4. The van der Waals surface area contributed by atoms with E-state index in [-0.39, 0.29) is 13.2 Å². The summed E-state index contributed by atoms with van der Waals surface area (Å²) in [5.41, 5.74) is 4.63. The molecule has 0 saturated carbocycles. The molecule has 0 amide bonds. The van der Waals surface area contributed by atoms with Crippen LogP contribution < -0.4 is 10.2 Å². The van der Waals surface area contributed by atoms with Crippen LogP contribution in [-0.2, 0) is 6.54 Å². The van der Waals surface area contributed by atoms with E-state index in [4.69, 9.17) is 4.98 Å². The lowest BCUT2D eigenvalue weighted by Crippen LogP contribution is -2.44. The van der Waals surface area contributed by atoms with E-state index in [0.717, 1.165) is 54.4 Å². The number of fused-ring (bicyclic) bond motifs is 1. The van der Waals surface area contributed by atoms with Gasteiger partial charge in [0.15, 0.2) is 5.65 Å². The Labute approximate surface area is 153 Å². The van der Waals surface area contributed by atoms with Gasteiger partial charge in [-0.05, 0) is 42.7 Å². The molecular formula is C20H26FN5. The second-order valence-corrected chi connectivity index (χ2v) is 6.67. The minimum Gasteiger partial charge on any atom is -0.340 e. The Kier molecular flexibility index (Phi) is 5.23. The molecule has 0 atom stereocenters. The first-order chi connectivity index (χ1) is 12.1. The summed E-state index contributed by atoms with van der Waals surface area (Å²) in [7, 11) is 0. The SMILES string of the molecule is C.Cc1cnc2nc(N3CCNCC3)n(Cc3ccc(F)c(C)c3)c2c1. The van der Waals surface area contributed by atoms with Crippen molar-refractivity contribution in [2.45, 2.75) is 27.8 Å². The van der Waals surface area contributed by atoms with Gasteiger partial charge in [-0.15, -0.1) is 0 Å². The first kappa shape index (κ1) is 18.3. The first-order valence-corrected chi connectivity index (χ1v) is 8.65. The third-order valence-corrected chi connectivity index (χ3v) is 4.68. The lowest BCUT2D eigenvalue weighted by atomic mass is 10.1. The summed E-state index contributed by atoms with van der Waals surface area (Å²) < 4.78 is 15.8. The molecule has 1 N–H and O–H groups in total. The molecule has 4 rings (SSSR count). The van der Waals surface area contributed by atoms with E-state index in [0.29, 0.717) is 12.1 Å². The molecule has 1 aliphatic rings. The third kappa shape index (κ3) is 3.42. The number of halogens is 1. The second kappa shape index (κ2) is 7.41. The summed E-state index contributed by atoms with van der Waals surface area (Å²) in [6.45, 7) is 8.23. The van der Waals surface area contributed by atoms with Gasteiger partial charge in [-0.25, -0.2) is 9.37 Å². The van der Waals surface area contributed by atoms with Crippen LogP contribution in [0.5, 0.6) is 0 Å². The minimum absolute atomic E-state index is 0. The number of hydrogen-bond donors (Lipinski definition) is 1. The van der Waals surface area contributed by atoms with Gasteiger partial charge in [0.1, 0.15) is 5.82 Å². The maximum absolute atomic E-state index is 13.6. The minimum atomic E-state index is -0.168. The fraction of sp³-hybridized carbons (Fsp3) is 0.400. The average molecular weight is 355 g/mol. The van der Waals surface area contributed by atoms with E-state index in [1.165, 1.54) is 6.07 Å². The Balaban J connectivity index is 0.00000196. The lowest BCUT2D eigenvalue weighted by Gasteiger charge is -2.29. The maximum atomic E-state index is 13.6. The summed E-state index contributed by atoms with van der Waals surface area (Å²) in [5.74, 6) is 0.774. The molecule has 138 valence electrons. The van der Waals surface area contributed by atoms with Gasteiger partial charge in [0.2, 0.25) is 5.95 Å². The summed E-state index contributed by atoms with van der Waals surface area (Å²) in [6.07, 6.45) is 1.85. The number of aromatic nitrogens is 3. The van der Waals surface area contributed by atoms with Crippen LogP contribution in [0.15, 0.2) is 30.5 Å². The Bertz CT molecular complexity index is 912. The van der Waals surface area contributed by atoms with Crippen molar-refractivity contribution in [2.24, 2.45) is 0 Å². The highest BCUT2D eigenvalue weighted by molar-refractivity contribution is 5.75. The van der Waals surface area contributed by atoms with Gasteiger partial charge in [0.25, 0.3) is 0 Å². The molecule has 1 fully saturated rings. The zero-order valence-electron chi connectivity index (χ0n) is 14.6. The quantitative estimate of drug-likeness (QED) is 0.783. The van der Waals surface area contributed by atoms with E-state index in [1.54, 1.807) is 6.92 Å². The Morgan fingerprint density at radius 1 is 1.15 bits per heavy atom. The summed E-state index contributed by atoms with van der Waals surface area (Å²) in [4.78, 5) is 11.6. The van der Waals surface area contributed by atoms with Crippen molar-refractivity contribution < 1.29 is 4.39 Å². The number of anilines is 1. The zero-order valence-corrected chi connectivity index (χ0v) is 14.6. The van der Waals surface area contributed by atoms with Gasteiger partial charge in [0.05, 0.1) is 12.1 Å². The fourth-order valence-corrected chi connectivity index (χ4v) is 3.34. The normalized spacial score (nSPS) is 14.5. The van der Waals surface area contributed by atoms with Gasteiger partial charge in [-0.1, -0.05) is 19.6 Å². The number of aryl methyl sites for hydroxylation is 2. The number of rotatable bonds is 3. The van der Waals surface area contributed by atoms with Crippen molar-refractivity contribution >= 4 is 17.1 Å². The number of nitrogens with one attached hydrogen (secondary N) is 1. The third-order valence-electron chi connectivity index (χ3n) is 4.68. The summed E-state index contributed by atoms with van der Waals surface area (Å²) >= 11 is 0. The number of hydrogen-bond acceptors (Lipinski definition) is 4. The molecular weight excluding hydrogens is 329 g/mol. The van der Waals surface area contributed by atoms with Crippen molar-refractivity contribution in [1.29, 1.82) is 0 Å². The van der Waals surface area contributed by atoms with Crippen LogP contribution in [0.2, 0.25) is 0 Å². The standard InChI is InChI=1S/C19H22FN5.CH4/c1-13-9-17-18(22-11-13)23-19(24-7-5-21-6-8-24)25(17)12-15-3-4-16(20)14(2)10-15;/h3-4,9-11,21H,5-8,12H2,1-2H3;1H4. The molecule has 0 radical (unpaired) electrons. The predicted molar refractivity (Wildman–Crippen MR) is 104 cm³/mol. The number of pyridine rings is 1. The Hall–Kier alpha value is -2.47. The summed E-state index contributed by atoms with van der Waals surface area (Å²) in [5, 5.41) is 3.37. The molecule has 0 spiro atoms. The van der Waals surface area contributed by atoms with Crippen LogP contribution in [0.25, 0.3) is 11.2 Å². The Morgan fingerprint density at radius 3 is 2.65 bits per heavy atom. The number of benzene rings is 1. The van der Waals surface area contributed by atoms with Gasteiger partial charge in [-0.2, -0.15) is 4.98 Å². The molecule has 5 nitrogen and oxygen atoms in total. The van der Waals surface area contributed by atoms with E-state index in [2.05, 4.69) is 25.8 Å². The van der Waals surface area contributed by atoms with E-state index in [9.17, 15) is 4.39 Å². The topological polar surface area (TPSA) is 46.0 Å². The second-order valence-electron chi connectivity index (χ2n) is 6.67. The highest BCUT2D eigenvalue weighted by Crippen LogP contribution is 2.24. The van der Waals surface area contributed by atoms with Crippen LogP contribution in [0.3, 0.4) is 0 Å². The largest absolute Gasteiger partial charge is 0.340 e. The molecule has 26 heavy (non-hydrogen) atoms. The van der Waals surface area contributed by atoms with Gasteiger partial charge >= 0.3 is 0 Å². The molecule has 1 saturated heterocycles.